The number of likely N-dealkylation sites (N-methyl/N-ethyl adjacent to an activating group) is 1. The van der Waals surface area contributed by atoms with Gasteiger partial charge in [-0.15, -0.1) is 0 Å². The van der Waals surface area contributed by atoms with E-state index in [2.05, 4.69) is 43.5 Å². The molecule has 0 saturated carbocycles. The van der Waals surface area contributed by atoms with E-state index < -0.39 is 20.0 Å². The van der Waals surface area contributed by atoms with Crippen molar-refractivity contribution in [3.8, 4) is 0 Å². The van der Waals surface area contributed by atoms with Gasteiger partial charge in [0.05, 0.1) is 39.9 Å². The molecule has 0 aliphatic rings. The topological polar surface area (TPSA) is 105 Å². The molecule has 8 nitrogen and oxygen atoms in total. The van der Waals surface area contributed by atoms with Crippen LogP contribution in [-0.4, -0.2) is 73.4 Å². The first-order valence-corrected chi connectivity index (χ1v) is 21.2. The Labute approximate surface area is 296 Å². The number of carbonyl (C=O) groups is 1. The van der Waals surface area contributed by atoms with Gasteiger partial charge in [0.1, 0.15) is 13.2 Å². The maximum absolute atomic E-state index is 12.8. The number of nitrogens with zero attached hydrogens (tertiary/aromatic N) is 1. The average Bonchev–Trinajstić information content (AvgIpc) is 3.02. The number of phosphoric ester groups is 1. The minimum Gasteiger partial charge on any atom is -0.391 e. The summed E-state index contributed by atoms with van der Waals surface area (Å²) in [5.74, 6) is -0.166. The maximum atomic E-state index is 12.8. The summed E-state index contributed by atoms with van der Waals surface area (Å²) in [7, 11) is 1.59. The Balaban J connectivity index is 4.52. The van der Waals surface area contributed by atoms with Crippen molar-refractivity contribution in [3.63, 3.8) is 0 Å². The van der Waals surface area contributed by atoms with Crippen molar-refractivity contribution in [2.24, 2.45) is 0 Å². The zero-order valence-electron chi connectivity index (χ0n) is 32.0. The molecule has 0 radical (unpaired) electrons. The Morgan fingerprint density at radius 3 is 1.62 bits per heavy atom. The lowest BCUT2D eigenvalue weighted by atomic mass is 10.0. The monoisotopic (exact) mass is 702 g/mol. The highest BCUT2D eigenvalue weighted by atomic mass is 31.2. The van der Waals surface area contributed by atoms with Gasteiger partial charge in [-0.1, -0.05) is 122 Å². The molecular formula is C39H78N2O6P+. The summed E-state index contributed by atoms with van der Waals surface area (Å²) >= 11 is 0. The van der Waals surface area contributed by atoms with E-state index in [4.69, 9.17) is 9.05 Å². The minimum absolute atomic E-state index is 0.0681. The average molecular weight is 702 g/mol. The fraction of sp³-hybridized carbons (Fsp3) is 0.872. The van der Waals surface area contributed by atoms with Crippen LogP contribution in [0.4, 0.5) is 0 Å². The molecule has 284 valence electrons. The molecular weight excluding hydrogens is 623 g/mol. The molecule has 0 spiro atoms. The Morgan fingerprint density at radius 2 is 1.12 bits per heavy atom. The van der Waals surface area contributed by atoms with Crippen LogP contribution in [0, 0.1) is 0 Å². The van der Waals surface area contributed by atoms with Crippen molar-refractivity contribution in [2.45, 2.75) is 180 Å². The van der Waals surface area contributed by atoms with E-state index in [9.17, 15) is 19.4 Å². The van der Waals surface area contributed by atoms with Crippen LogP contribution in [0.3, 0.4) is 0 Å². The molecule has 9 heteroatoms. The summed E-state index contributed by atoms with van der Waals surface area (Å²) < 4.78 is 23.5. The molecule has 3 N–H and O–H groups in total. The Hall–Kier alpha value is -1.02. The number of carbonyl (C=O) groups excluding carboxylic acids is 1. The van der Waals surface area contributed by atoms with Crippen molar-refractivity contribution >= 4 is 13.7 Å². The molecule has 0 aliphatic carbocycles. The summed E-state index contributed by atoms with van der Waals surface area (Å²) in [4.78, 5) is 23.0. The summed E-state index contributed by atoms with van der Waals surface area (Å²) in [6.45, 7) is 4.81. The lowest BCUT2D eigenvalue weighted by molar-refractivity contribution is -0.870. The van der Waals surface area contributed by atoms with Crippen LogP contribution in [0.25, 0.3) is 0 Å². The number of rotatable bonds is 35. The molecule has 3 atom stereocenters. The summed E-state index contributed by atoms with van der Waals surface area (Å²) in [6.07, 6.45) is 34.8. The Morgan fingerprint density at radius 1 is 0.688 bits per heavy atom. The zero-order valence-corrected chi connectivity index (χ0v) is 32.9. The first kappa shape index (κ1) is 47.0. The number of aliphatic hydroxyl groups excluding tert-OH is 1. The van der Waals surface area contributed by atoms with Gasteiger partial charge in [-0.2, -0.15) is 0 Å². The lowest BCUT2D eigenvalue weighted by Crippen LogP contribution is -2.46. The van der Waals surface area contributed by atoms with Gasteiger partial charge in [0.2, 0.25) is 5.91 Å². The summed E-state index contributed by atoms with van der Waals surface area (Å²) in [5, 5.41) is 13.8. The van der Waals surface area contributed by atoms with Crippen LogP contribution >= 0.6 is 7.82 Å². The van der Waals surface area contributed by atoms with Crippen molar-refractivity contribution in [2.75, 3.05) is 40.9 Å². The summed E-state index contributed by atoms with van der Waals surface area (Å²) in [5.41, 5.74) is 0. The third-order valence-corrected chi connectivity index (χ3v) is 9.66. The van der Waals surface area contributed by atoms with Gasteiger partial charge in [0, 0.05) is 6.42 Å². The smallest absolute Gasteiger partial charge is 0.391 e. The van der Waals surface area contributed by atoms with Gasteiger partial charge in [-0.05, 0) is 64.2 Å². The fourth-order valence-electron chi connectivity index (χ4n) is 5.44. The first-order valence-electron chi connectivity index (χ1n) is 19.7. The van der Waals surface area contributed by atoms with Crippen molar-refractivity contribution < 1.29 is 32.9 Å². The number of aliphatic hydroxyl groups is 1. The maximum Gasteiger partial charge on any atom is 0.472 e. The minimum atomic E-state index is -4.31. The molecule has 1 unspecified atom stereocenters. The fourth-order valence-corrected chi connectivity index (χ4v) is 6.18. The van der Waals surface area contributed by atoms with Crippen LogP contribution in [-0.2, 0) is 18.4 Å². The Kier molecular flexibility index (Phi) is 31.2. The Bertz CT molecular complexity index is 845. The van der Waals surface area contributed by atoms with E-state index in [1.54, 1.807) is 0 Å². The second-order valence-corrected chi connectivity index (χ2v) is 16.1. The molecule has 0 fully saturated rings. The van der Waals surface area contributed by atoms with E-state index in [1.165, 1.54) is 83.5 Å². The van der Waals surface area contributed by atoms with Crippen LogP contribution < -0.4 is 5.32 Å². The predicted molar refractivity (Wildman–Crippen MR) is 203 cm³/mol. The van der Waals surface area contributed by atoms with E-state index in [1.807, 2.05) is 21.1 Å². The highest BCUT2D eigenvalue weighted by molar-refractivity contribution is 7.47. The van der Waals surface area contributed by atoms with Gasteiger partial charge >= 0.3 is 7.82 Å². The van der Waals surface area contributed by atoms with Crippen LogP contribution in [0.5, 0.6) is 0 Å². The lowest BCUT2D eigenvalue weighted by Gasteiger charge is -2.26. The van der Waals surface area contributed by atoms with Crippen molar-refractivity contribution in [1.29, 1.82) is 0 Å². The van der Waals surface area contributed by atoms with Crippen LogP contribution in [0.2, 0.25) is 0 Å². The number of phosphoric acid groups is 1. The number of hydrogen-bond acceptors (Lipinski definition) is 5. The standard InChI is InChI=1S/C39H77N2O6P/c1-6-8-10-12-14-16-18-20-22-24-26-28-30-32-38(42)37(36-47-48(44,45)46-35-34-41(3,4)5)40-39(43)33-31-29-27-25-23-21-19-17-15-13-11-9-7-2/h17,19,22,24,37-38,42H,6-16,18,20-21,23,25-36H2,1-5H3,(H-,40,43,44,45)/p+1/b19-17+,24-22+/t37-,38+/m0/s1. The highest BCUT2D eigenvalue weighted by Crippen LogP contribution is 2.43. The molecule has 48 heavy (non-hydrogen) atoms. The third-order valence-electron chi connectivity index (χ3n) is 8.67. The number of unbranched alkanes of at least 4 members (excludes halogenated alkanes) is 18. The second kappa shape index (κ2) is 31.9. The van der Waals surface area contributed by atoms with E-state index in [0.717, 1.165) is 57.8 Å². The molecule has 0 aromatic heterocycles. The molecule has 0 saturated heterocycles. The van der Waals surface area contributed by atoms with Crippen molar-refractivity contribution in [3.05, 3.63) is 24.3 Å². The van der Waals surface area contributed by atoms with E-state index in [-0.39, 0.29) is 19.1 Å². The first-order chi connectivity index (χ1) is 23.0. The largest absolute Gasteiger partial charge is 0.472 e. The predicted octanol–water partition coefficient (Wildman–Crippen LogP) is 10.2. The van der Waals surface area contributed by atoms with Crippen molar-refractivity contribution in [1.82, 2.24) is 5.32 Å². The SMILES string of the molecule is CCCCCC/C=C/CCCCCCCC(=O)N[C@@H](COP(=O)(O)OCC[N+](C)(C)C)[C@H](O)CCCC/C=C/CCCCCCCCC. The molecule has 0 heterocycles. The second-order valence-electron chi connectivity index (χ2n) is 14.6. The number of hydrogen-bond donors (Lipinski definition) is 3. The molecule has 0 rings (SSSR count). The van der Waals surface area contributed by atoms with Gasteiger partial charge in [-0.25, -0.2) is 4.57 Å². The molecule has 0 aromatic carbocycles. The number of nitrogens with one attached hydrogen (secondary N) is 1. The number of allylic oxidation sites excluding steroid dienone is 4. The van der Waals surface area contributed by atoms with Gasteiger partial charge in [0.15, 0.2) is 0 Å². The normalized spacial score (nSPS) is 14.9. The quantitative estimate of drug-likeness (QED) is 0.0263. The number of amides is 1. The van der Waals surface area contributed by atoms with Crippen LogP contribution in [0.1, 0.15) is 168 Å². The van der Waals surface area contributed by atoms with Gasteiger partial charge in [0.25, 0.3) is 0 Å². The molecule has 0 aliphatic heterocycles. The molecule has 0 bridgehead atoms. The number of quaternary nitrogens is 1. The molecule has 1 amide bonds. The van der Waals surface area contributed by atoms with Crippen LogP contribution in [0.15, 0.2) is 24.3 Å². The van der Waals surface area contributed by atoms with Gasteiger partial charge in [-0.3, -0.25) is 13.8 Å². The van der Waals surface area contributed by atoms with E-state index >= 15 is 0 Å². The van der Waals surface area contributed by atoms with E-state index in [0.29, 0.717) is 23.9 Å². The van der Waals surface area contributed by atoms with Gasteiger partial charge < -0.3 is 19.8 Å². The third kappa shape index (κ3) is 33.5. The highest BCUT2D eigenvalue weighted by Gasteiger charge is 2.28. The zero-order chi connectivity index (χ0) is 35.8. The molecule has 0 aromatic rings. The summed E-state index contributed by atoms with van der Waals surface area (Å²) in [6, 6.07) is -0.776.